The van der Waals surface area contributed by atoms with Crippen molar-refractivity contribution in [2.24, 2.45) is 5.73 Å². The van der Waals surface area contributed by atoms with Crippen molar-refractivity contribution in [3.8, 4) is 0 Å². The largest absolute Gasteiger partial charge is 0.369 e. The highest BCUT2D eigenvalue weighted by Crippen LogP contribution is 2.27. The van der Waals surface area contributed by atoms with Gasteiger partial charge in [0.25, 0.3) is 0 Å². The Bertz CT molecular complexity index is 611. The zero-order chi connectivity index (χ0) is 17.6. The van der Waals surface area contributed by atoms with Gasteiger partial charge >= 0.3 is 6.03 Å². The van der Waals surface area contributed by atoms with Gasteiger partial charge in [0.2, 0.25) is 5.91 Å². The van der Waals surface area contributed by atoms with E-state index in [4.69, 9.17) is 5.73 Å². The SMILES string of the molecule is NC(=O)CSc1ccccc1NC(=O)N1CCN(C2CCCC2)CC1. The molecule has 6 nitrogen and oxygen atoms in total. The quantitative estimate of drug-likeness (QED) is 0.788. The first-order valence-corrected chi connectivity index (χ1v) is 9.92. The first kappa shape index (κ1) is 18.1. The van der Waals surface area contributed by atoms with Gasteiger partial charge in [-0.15, -0.1) is 11.8 Å². The summed E-state index contributed by atoms with van der Waals surface area (Å²) in [5, 5.41) is 2.98. The van der Waals surface area contributed by atoms with Crippen LogP contribution in [0, 0.1) is 0 Å². The maximum absolute atomic E-state index is 12.6. The lowest BCUT2D eigenvalue weighted by Gasteiger charge is -2.38. The van der Waals surface area contributed by atoms with Crippen LogP contribution in [0.25, 0.3) is 0 Å². The summed E-state index contributed by atoms with van der Waals surface area (Å²) in [5.74, 6) is -0.165. The summed E-state index contributed by atoms with van der Waals surface area (Å²) in [4.78, 5) is 28.8. The van der Waals surface area contributed by atoms with Crippen LogP contribution >= 0.6 is 11.8 Å². The lowest BCUT2D eigenvalue weighted by atomic mass is 10.2. The third-order valence-electron chi connectivity index (χ3n) is 4.94. The summed E-state index contributed by atoms with van der Waals surface area (Å²) in [6.07, 6.45) is 5.28. The number of primary amides is 1. The van der Waals surface area contributed by atoms with Crippen molar-refractivity contribution in [3.05, 3.63) is 24.3 Å². The molecule has 0 bridgehead atoms. The van der Waals surface area contributed by atoms with Crippen molar-refractivity contribution in [2.45, 2.75) is 36.6 Å². The third kappa shape index (κ3) is 4.89. The van der Waals surface area contributed by atoms with Gasteiger partial charge in [0.15, 0.2) is 0 Å². The Balaban J connectivity index is 1.53. The number of urea groups is 1. The molecular weight excluding hydrogens is 336 g/mol. The number of piperazine rings is 1. The molecule has 1 saturated heterocycles. The molecule has 0 aromatic heterocycles. The molecule has 2 aliphatic rings. The molecule has 3 rings (SSSR count). The number of nitrogens with two attached hydrogens (primary N) is 1. The molecule has 1 heterocycles. The topological polar surface area (TPSA) is 78.7 Å². The van der Waals surface area contributed by atoms with Gasteiger partial charge in [0.1, 0.15) is 0 Å². The van der Waals surface area contributed by atoms with Gasteiger partial charge in [-0.2, -0.15) is 0 Å². The van der Waals surface area contributed by atoms with Crippen LogP contribution in [0.1, 0.15) is 25.7 Å². The summed E-state index contributed by atoms with van der Waals surface area (Å²) in [6, 6.07) is 8.16. The second-order valence-electron chi connectivity index (χ2n) is 6.64. The summed E-state index contributed by atoms with van der Waals surface area (Å²) < 4.78 is 0. The number of carbonyl (C=O) groups excluding carboxylic acids is 2. The van der Waals surface area contributed by atoms with Crippen LogP contribution < -0.4 is 11.1 Å². The van der Waals surface area contributed by atoms with E-state index in [1.165, 1.54) is 37.4 Å². The van der Waals surface area contributed by atoms with Crippen LogP contribution in [0.3, 0.4) is 0 Å². The van der Waals surface area contributed by atoms with Gasteiger partial charge in [-0.25, -0.2) is 4.79 Å². The average Bonchev–Trinajstić information content (AvgIpc) is 3.15. The number of nitrogens with one attached hydrogen (secondary N) is 1. The number of anilines is 1. The van der Waals surface area contributed by atoms with Crippen LogP contribution in [0.4, 0.5) is 10.5 Å². The monoisotopic (exact) mass is 362 g/mol. The minimum atomic E-state index is -0.367. The number of amides is 3. The molecule has 0 radical (unpaired) electrons. The molecule has 7 heteroatoms. The number of hydrogen-bond acceptors (Lipinski definition) is 4. The first-order valence-electron chi connectivity index (χ1n) is 8.93. The van der Waals surface area contributed by atoms with E-state index in [9.17, 15) is 9.59 Å². The molecule has 1 aliphatic carbocycles. The predicted molar refractivity (Wildman–Crippen MR) is 101 cm³/mol. The van der Waals surface area contributed by atoms with E-state index in [1.807, 2.05) is 29.2 Å². The van der Waals surface area contributed by atoms with E-state index < -0.39 is 0 Å². The van der Waals surface area contributed by atoms with Gasteiger partial charge in [-0.3, -0.25) is 9.69 Å². The molecule has 1 aliphatic heterocycles. The lowest BCUT2D eigenvalue weighted by molar-refractivity contribution is -0.115. The maximum Gasteiger partial charge on any atom is 0.321 e. The second-order valence-corrected chi connectivity index (χ2v) is 7.66. The smallest absolute Gasteiger partial charge is 0.321 e. The molecule has 1 saturated carbocycles. The standard InChI is InChI=1S/C18H26N4O2S/c19-17(23)13-25-16-8-4-3-7-15(16)20-18(24)22-11-9-21(10-12-22)14-5-1-2-6-14/h3-4,7-8,14H,1-2,5-6,9-13H2,(H2,19,23)(H,20,24). The first-order chi connectivity index (χ1) is 12.1. The van der Waals surface area contributed by atoms with Gasteiger partial charge in [0, 0.05) is 37.1 Å². The average molecular weight is 362 g/mol. The van der Waals surface area contributed by atoms with Crippen LogP contribution in [-0.4, -0.2) is 59.7 Å². The van der Waals surface area contributed by atoms with E-state index >= 15 is 0 Å². The van der Waals surface area contributed by atoms with Gasteiger partial charge < -0.3 is 16.0 Å². The molecule has 25 heavy (non-hydrogen) atoms. The van der Waals surface area contributed by atoms with Crippen molar-refractivity contribution in [1.29, 1.82) is 0 Å². The Hall–Kier alpha value is -1.73. The molecule has 0 spiro atoms. The minimum absolute atomic E-state index is 0.0711. The number of thioether (sulfide) groups is 1. The van der Waals surface area contributed by atoms with Crippen molar-refractivity contribution in [2.75, 3.05) is 37.2 Å². The molecule has 136 valence electrons. The highest BCUT2D eigenvalue weighted by molar-refractivity contribution is 8.00. The number of carbonyl (C=O) groups is 2. The van der Waals surface area contributed by atoms with E-state index in [2.05, 4.69) is 10.2 Å². The Morgan fingerprint density at radius 1 is 1.12 bits per heavy atom. The van der Waals surface area contributed by atoms with Gasteiger partial charge in [-0.1, -0.05) is 25.0 Å². The fourth-order valence-corrected chi connectivity index (χ4v) is 4.35. The summed E-state index contributed by atoms with van der Waals surface area (Å²) in [5.41, 5.74) is 5.95. The summed E-state index contributed by atoms with van der Waals surface area (Å²) >= 11 is 1.34. The van der Waals surface area contributed by atoms with Crippen LogP contribution in [0.2, 0.25) is 0 Å². The minimum Gasteiger partial charge on any atom is -0.369 e. The van der Waals surface area contributed by atoms with E-state index in [1.54, 1.807) is 0 Å². The van der Waals surface area contributed by atoms with Crippen molar-refractivity contribution < 1.29 is 9.59 Å². The molecule has 1 aromatic carbocycles. The Morgan fingerprint density at radius 3 is 2.48 bits per heavy atom. The number of benzene rings is 1. The molecule has 3 N–H and O–H groups in total. The molecule has 2 fully saturated rings. The molecular formula is C18H26N4O2S. The highest BCUT2D eigenvalue weighted by Gasteiger charge is 2.28. The normalized spacial score (nSPS) is 19.1. The zero-order valence-corrected chi connectivity index (χ0v) is 15.3. The zero-order valence-electron chi connectivity index (χ0n) is 14.4. The highest BCUT2D eigenvalue weighted by atomic mass is 32.2. The fraction of sp³-hybridized carbons (Fsp3) is 0.556. The van der Waals surface area contributed by atoms with Gasteiger partial charge in [-0.05, 0) is 25.0 Å². The maximum atomic E-state index is 12.6. The van der Waals surface area contributed by atoms with Crippen molar-refractivity contribution in [3.63, 3.8) is 0 Å². The number of para-hydroxylation sites is 1. The number of nitrogens with zero attached hydrogens (tertiary/aromatic N) is 2. The molecule has 0 atom stereocenters. The molecule has 0 unspecified atom stereocenters. The van der Waals surface area contributed by atoms with Gasteiger partial charge in [0.05, 0.1) is 11.4 Å². The summed E-state index contributed by atoms with van der Waals surface area (Å²) in [7, 11) is 0. The summed E-state index contributed by atoms with van der Waals surface area (Å²) in [6.45, 7) is 3.43. The number of rotatable bonds is 5. The fourth-order valence-electron chi connectivity index (χ4n) is 3.60. The van der Waals surface area contributed by atoms with Crippen molar-refractivity contribution >= 4 is 29.4 Å². The lowest BCUT2D eigenvalue weighted by Crippen LogP contribution is -2.52. The Labute approximate surface area is 153 Å². The molecule has 1 aromatic rings. The van der Waals surface area contributed by atoms with Crippen LogP contribution in [0.5, 0.6) is 0 Å². The number of hydrogen-bond donors (Lipinski definition) is 2. The Kier molecular flexibility index (Phi) is 6.20. The predicted octanol–water partition coefficient (Wildman–Crippen LogP) is 2.36. The van der Waals surface area contributed by atoms with Crippen LogP contribution in [0.15, 0.2) is 29.2 Å². The van der Waals surface area contributed by atoms with Crippen molar-refractivity contribution in [1.82, 2.24) is 9.80 Å². The molecule has 3 amide bonds. The second kappa shape index (κ2) is 8.58. The van der Waals surface area contributed by atoms with E-state index in [0.717, 1.165) is 42.8 Å². The Morgan fingerprint density at radius 2 is 1.80 bits per heavy atom. The van der Waals surface area contributed by atoms with E-state index in [0.29, 0.717) is 0 Å². The van der Waals surface area contributed by atoms with Crippen LogP contribution in [-0.2, 0) is 4.79 Å². The third-order valence-corrected chi connectivity index (χ3v) is 6.04. The van der Waals surface area contributed by atoms with E-state index in [-0.39, 0.29) is 17.7 Å².